The van der Waals surface area contributed by atoms with Crippen LogP contribution in [0.1, 0.15) is 41.0 Å². The Labute approximate surface area is 88.2 Å². The molecule has 0 atom stereocenters. The summed E-state index contributed by atoms with van der Waals surface area (Å²) in [6.45, 7) is 13.6. The second kappa shape index (κ2) is 5.21. The van der Waals surface area contributed by atoms with Crippen LogP contribution in [0.2, 0.25) is 0 Å². The number of nitrogens with one attached hydrogen (secondary N) is 1. The van der Waals surface area contributed by atoms with Gasteiger partial charge in [-0.3, -0.25) is 0 Å². The third-order valence-electron chi connectivity index (χ3n) is 3.08. The third-order valence-corrected chi connectivity index (χ3v) is 3.35. The Balaban J connectivity index is 3.77. The van der Waals surface area contributed by atoms with Crippen molar-refractivity contribution in [2.75, 3.05) is 19.0 Å². The van der Waals surface area contributed by atoms with Gasteiger partial charge >= 0.3 is 0 Å². The molecule has 2 heteroatoms. The van der Waals surface area contributed by atoms with Crippen molar-refractivity contribution >= 4 is 11.6 Å². The van der Waals surface area contributed by atoms with E-state index < -0.39 is 0 Å². The second-order valence-electron chi connectivity index (χ2n) is 5.35. The molecule has 80 valence electrons. The molecule has 0 saturated carbocycles. The molecule has 0 rings (SSSR count). The predicted molar refractivity (Wildman–Crippen MR) is 61.4 cm³/mol. The first-order valence-electron chi connectivity index (χ1n) is 5.08. The number of alkyl halides is 1. The highest BCUT2D eigenvalue weighted by Crippen LogP contribution is 2.36. The molecule has 0 aromatic rings. The summed E-state index contributed by atoms with van der Waals surface area (Å²) in [6, 6.07) is 0. The van der Waals surface area contributed by atoms with Crippen molar-refractivity contribution in [3.63, 3.8) is 0 Å². The molecule has 0 bridgehead atoms. The van der Waals surface area contributed by atoms with Crippen LogP contribution < -0.4 is 5.32 Å². The Bertz CT molecular complexity index is 136. The topological polar surface area (TPSA) is 12.0 Å². The zero-order chi connectivity index (χ0) is 10.5. The molecule has 0 aliphatic rings. The van der Waals surface area contributed by atoms with Crippen LogP contribution in [0, 0.1) is 10.8 Å². The maximum absolute atomic E-state index is 5.60. The summed E-state index contributed by atoms with van der Waals surface area (Å²) in [6.07, 6.45) is 1.06. The van der Waals surface area contributed by atoms with Crippen LogP contribution in [-0.2, 0) is 0 Å². The van der Waals surface area contributed by atoms with Crippen molar-refractivity contribution in [2.45, 2.75) is 41.0 Å². The molecule has 0 radical (unpaired) electrons. The first-order valence-corrected chi connectivity index (χ1v) is 5.61. The van der Waals surface area contributed by atoms with Gasteiger partial charge < -0.3 is 5.32 Å². The summed E-state index contributed by atoms with van der Waals surface area (Å²) in [5.74, 6) is 0.753. The Morgan fingerprint density at radius 2 is 1.62 bits per heavy atom. The average Bonchev–Trinajstić information content (AvgIpc) is 1.96. The highest BCUT2D eigenvalue weighted by molar-refractivity contribution is 6.17. The van der Waals surface area contributed by atoms with Crippen LogP contribution in [0.5, 0.6) is 0 Å². The van der Waals surface area contributed by atoms with E-state index in [2.05, 4.69) is 39.9 Å². The van der Waals surface area contributed by atoms with Gasteiger partial charge in [-0.1, -0.05) is 34.6 Å². The minimum atomic E-state index is 0.333. The summed E-state index contributed by atoms with van der Waals surface area (Å²) in [4.78, 5) is 0. The zero-order valence-electron chi connectivity index (χ0n) is 9.71. The number of rotatable bonds is 5. The summed E-state index contributed by atoms with van der Waals surface area (Å²) < 4.78 is 0. The fourth-order valence-corrected chi connectivity index (χ4v) is 0.991. The maximum atomic E-state index is 5.60. The lowest BCUT2D eigenvalue weighted by atomic mass is 9.69. The Morgan fingerprint density at radius 1 is 1.08 bits per heavy atom. The smallest absolute Gasteiger partial charge is 0.0235 e. The fourth-order valence-electron chi connectivity index (χ4n) is 0.858. The van der Waals surface area contributed by atoms with Crippen LogP contribution in [0.25, 0.3) is 0 Å². The van der Waals surface area contributed by atoms with Gasteiger partial charge in [0.1, 0.15) is 0 Å². The summed E-state index contributed by atoms with van der Waals surface area (Å²) in [7, 11) is 0. The maximum Gasteiger partial charge on any atom is 0.0235 e. The van der Waals surface area contributed by atoms with Gasteiger partial charge in [-0.05, 0) is 23.8 Å². The molecule has 13 heavy (non-hydrogen) atoms. The molecule has 1 N–H and O–H groups in total. The van der Waals surface area contributed by atoms with E-state index in [1.807, 2.05) is 0 Å². The third kappa shape index (κ3) is 4.87. The van der Waals surface area contributed by atoms with E-state index >= 15 is 0 Å². The van der Waals surface area contributed by atoms with Crippen molar-refractivity contribution < 1.29 is 0 Å². The monoisotopic (exact) mass is 205 g/mol. The molecule has 0 fully saturated rings. The first-order chi connectivity index (χ1) is 5.81. The molecule has 0 amide bonds. The first kappa shape index (κ1) is 13.2. The normalized spacial score (nSPS) is 13.4. The number of hydrogen-bond acceptors (Lipinski definition) is 1. The standard InChI is InChI=1S/C11H24ClN/c1-10(2,3)11(4,5)9-13-8-6-7-12/h13H,6-9H2,1-5H3. The van der Waals surface area contributed by atoms with Gasteiger partial charge in [0.05, 0.1) is 0 Å². The zero-order valence-corrected chi connectivity index (χ0v) is 10.5. The molecular weight excluding hydrogens is 182 g/mol. The van der Waals surface area contributed by atoms with Crippen molar-refractivity contribution in [1.82, 2.24) is 5.32 Å². The molecule has 0 heterocycles. The quantitative estimate of drug-likeness (QED) is 0.537. The van der Waals surface area contributed by atoms with Crippen molar-refractivity contribution in [2.24, 2.45) is 10.8 Å². The van der Waals surface area contributed by atoms with Crippen LogP contribution in [0.3, 0.4) is 0 Å². The van der Waals surface area contributed by atoms with E-state index in [0.717, 1.165) is 25.4 Å². The van der Waals surface area contributed by atoms with Crippen molar-refractivity contribution in [1.29, 1.82) is 0 Å². The van der Waals surface area contributed by atoms with Crippen LogP contribution in [0.4, 0.5) is 0 Å². The lowest BCUT2D eigenvalue weighted by Gasteiger charge is -2.39. The highest BCUT2D eigenvalue weighted by Gasteiger charge is 2.31. The van der Waals surface area contributed by atoms with Gasteiger partial charge in [-0.15, -0.1) is 11.6 Å². The molecule has 0 saturated heterocycles. The van der Waals surface area contributed by atoms with E-state index in [9.17, 15) is 0 Å². The fraction of sp³-hybridized carbons (Fsp3) is 1.00. The van der Waals surface area contributed by atoms with E-state index in [1.54, 1.807) is 0 Å². The molecule has 1 nitrogen and oxygen atoms in total. The van der Waals surface area contributed by atoms with Gasteiger partial charge in [-0.25, -0.2) is 0 Å². The van der Waals surface area contributed by atoms with Gasteiger partial charge in [0.15, 0.2) is 0 Å². The van der Waals surface area contributed by atoms with Crippen molar-refractivity contribution in [3.05, 3.63) is 0 Å². The SMILES string of the molecule is CC(C)(C)C(C)(C)CNCCCCl. The van der Waals surface area contributed by atoms with Crippen LogP contribution >= 0.6 is 11.6 Å². The Hall–Kier alpha value is 0.250. The molecular formula is C11H24ClN. The van der Waals surface area contributed by atoms with E-state index in [4.69, 9.17) is 11.6 Å². The van der Waals surface area contributed by atoms with E-state index in [0.29, 0.717) is 10.8 Å². The highest BCUT2D eigenvalue weighted by atomic mass is 35.5. The number of hydrogen-bond donors (Lipinski definition) is 1. The molecule has 0 aliphatic heterocycles. The molecule has 0 aromatic carbocycles. The number of halogens is 1. The summed E-state index contributed by atoms with van der Waals surface area (Å²) in [5.41, 5.74) is 0.681. The second-order valence-corrected chi connectivity index (χ2v) is 5.73. The average molecular weight is 206 g/mol. The van der Waals surface area contributed by atoms with Gasteiger partial charge in [0, 0.05) is 12.4 Å². The van der Waals surface area contributed by atoms with E-state index in [1.165, 1.54) is 0 Å². The minimum Gasteiger partial charge on any atom is -0.316 e. The van der Waals surface area contributed by atoms with Crippen molar-refractivity contribution in [3.8, 4) is 0 Å². The molecule has 0 unspecified atom stereocenters. The van der Waals surface area contributed by atoms with Gasteiger partial charge in [0.2, 0.25) is 0 Å². The van der Waals surface area contributed by atoms with E-state index in [-0.39, 0.29) is 0 Å². The molecule has 0 spiro atoms. The molecule has 0 aliphatic carbocycles. The minimum absolute atomic E-state index is 0.333. The Morgan fingerprint density at radius 3 is 2.00 bits per heavy atom. The summed E-state index contributed by atoms with van der Waals surface area (Å²) in [5, 5.41) is 3.45. The Kier molecular flexibility index (Phi) is 5.31. The van der Waals surface area contributed by atoms with Crippen LogP contribution in [-0.4, -0.2) is 19.0 Å². The largest absolute Gasteiger partial charge is 0.316 e. The van der Waals surface area contributed by atoms with Gasteiger partial charge in [0.25, 0.3) is 0 Å². The molecule has 0 aromatic heterocycles. The predicted octanol–water partition coefficient (Wildman–Crippen LogP) is 3.28. The lowest BCUT2D eigenvalue weighted by Crippen LogP contribution is -2.39. The van der Waals surface area contributed by atoms with Gasteiger partial charge in [-0.2, -0.15) is 0 Å². The summed E-state index contributed by atoms with van der Waals surface area (Å²) >= 11 is 5.60. The lowest BCUT2D eigenvalue weighted by molar-refractivity contribution is 0.129. The van der Waals surface area contributed by atoms with Crippen LogP contribution in [0.15, 0.2) is 0 Å².